The number of nitrogens with one attached hydrogen (secondary N) is 1. The molecule has 0 bridgehead atoms. The smallest absolute Gasteiger partial charge is 0.262 e. The fraction of sp³-hybridized carbons (Fsp3) is 0.333. The van der Waals surface area contributed by atoms with Crippen molar-refractivity contribution in [3.63, 3.8) is 0 Å². The summed E-state index contributed by atoms with van der Waals surface area (Å²) in [6, 6.07) is 15.6. The van der Waals surface area contributed by atoms with Gasteiger partial charge in [-0.15, -0.1) is 10.2 Å². The van der Waals surface area contributed by atoms with Gasteiger partial charge in [0.05, 0.1) is 16.7 Å². The molecule has 0 spiro atoms. The lowest BCUT2D eigenvalue weighted by Gasteiger charge is -2.11. The minimum absolute atomic E-state index is 0.0519. The molecule has 8 heteroatoms. The van der Waals surface area contributed by atoms with Crippen LogP contribution in [-0.2, 0) is 17.9 Å². The van der Waals surface area contributed by atoms with Gasteiger partial charge in [0.1, 0.15) is 0 Å². The van der Waals surface area contributed by atoms with Crippen LogP contribution in [0.2, 0.25) is 0 Å². The Kier molecular flexibility index (Phi) is 6.90. The second kappa shape index (κ2) is 9.99. The van der Waals surface area contributed by atoms with E-state index in [9.17, 15) is 9.59 Å². The first-order valence-corrected chi connectivity index (χ1v) is 11.9. The number of benzene rings is 2. The van der Waals surface area contributed by atoms with Gasteiger partial charge in [-0.25, -0.2) is 0 Å². The van der Waals surface area contributed by atoms with E-state index in [-0.39, 0.29) is 17.2 Å². The monoisotopic (exact) mass is 449 g/mol. The highest BCUT2D eigenvalue weighted by molar-refractivity contribution is 7.99. The molecule has 1 N–H and O–H groups in total. The number of unbranched alkanes of at least 4 members (excludes halogenated alkanes) is 2. The molecule has 166 valence electrons. The number of amides is 1. The average molecular weight is 450 g/mol. The van der Waals surface area contributed by atoms with Gasteiger partial charge in [0.2, 0.25) is 11.7 Å². The molecule has 2 heterocycles. The normalized spacial score (nSPS) is 11.3. The molecule has 32 heavy (non-hydrogen) atoms. The highest BCUT2D eigenvalue weighted by atomic mass is 32.2. The molecule has 0 fully saturated rings. The van der Waals surface area contributed by atoms with Gasteiger partial charge in [0, 0.05) is 13.1 Å². The first-order chi connectivity index (χ1) is 15.6. The third-order valence-corrected chi connectivity index (χ3v) is 6.34. The Labute approximate surface area is 190 Å². The van der Waals surface area contributed by atoms with Crippen molar-refractivity contribution in [2.24, 2.45) is 0 Å². The number of carbonyl (C=O) groups excluding carboxylic acids is 1. The van der Waals surface area contributed by atoms with E-state index in [0.29, 0.717) is 29.4 Å². The fourth-order valence-electron chi connectivity index (χ4n) is 3.64. The molecule has 4 aromatic rings. The predicted molar refractivity (Wildman–Crippen MR) is 128 cm³/mol. The zero-order chi connectivity index (χ0) is 22.5. The maximum Gasteiger partial charge on any atom is 0.262 e. The fourth-order valence-corrected chi connectivity index (χ4v) is 4.41. The number of aryl methyl sites for hydroxylation is 2. The molecule has 7 nitrogen and oxygen atoms in total. The first-order valence-electron chi connectivity index (χ1n) is 10.9. The predicted octanol–water partition coefficient (Wildman–Crippen LogP) is 3.95. The Morgan fingerprint density at radius 3 is 2.62 bits per heavy atom. The molecule has 4 rings (SSSR count). The van der Waals surface area contributed by atoms with Gasteiger partial charge >= 0.3 is 0 Å². The second-order valence-corrected chi connectivity index (χ2v) is 8.79. The number of nitrogens with zero attached hydrogens (tertiary/aromatic N) is 4. The molecule has 0 saturated heterocycles. The van der Waals surface area contributed by atoms with E-state index in [0.717, 1.165) is 30.3 Å². The standard InChI is InChI=1S/C24H27N5O2S/c1-3-4-7-14-28-22(31)19-8-5-6-9-20(19)29-23(28)26-27-24(29)32-16-21(30)25-15-18-12-10-17(2)11-13-18/h5-6,8-13H,3-4,7,14-16H2,1-2H3,(H,25,30). The van der Waals surface area contributed by atoms with Gasteiger partial charge in [0.25, 0.3) is 5.56 Å². The van der Waals surface area contributed by atoms with E-state index in [1.165, 1.54) is 17.3 Å². The summed E-state index contributed by atoms with van der Waals surface area (Å²) in [5, 5.41) is 12.8. The summed E-state index contributed by atoms with van der Waals surface area (Å²) in [4.78, 5) is 25.5. The van der Waals surface area contributed by atoms with E-state index in [1.54, 1.807) is 4.57 Å². The van der Waals surface area contributed by atoms with E-state index in [1.807, 2.05) is 59.9 Å². The highest BCUT2D eigenvalue weighted by Crippen LogP contribution is 2.21. The van der Waals surface area contributed by atoms with Crippen LogP contribution in [0.3, 0.4) is 0 Å². The van der Waals surface area contributed by atoms with Gasteiger partial charge in [-0.2, -0.15) is 0 Å². The van der Waals surface area contributed by atoms with Crippen LogP contribution in [-0.4, -0.2) is 30.8 Å². The van der Waals surface area contributed by atoms with Crippen molar-refractivity contribution in [1.29, 1.82) is 0 Å². The molecular formula is C24H27N5O2S. The Morgan fingerprint density at radius 2 is 1.84 bits per heavy atom. The van der Waals surface area contributed by atoms with Crippen molar-refractivity contribution < 1.29 is 4.79 Å². The molecule has 0 atom stereocenters. The molecule has 2 aromatic heterocycles. The third-order valence-electron chi connectivity index (χ3n) is 5.41. The van der Waals surface area contributed by atoms with Crippen LogP contribution in [0.1, 0.15) is 37.3 Å². The lowest BCUT2D eigenvalue weighted by Crippen LogP contribution is -2.25. The van der Waals surface area contributed by atoms with Crippen molar-refractivity contribution in [3.8, 4) is 0 Å². The average Bonchev–Trinajstić information content (AvgIpc) is 3.23. The third kappa shape index (κ3) is 4.70. The molecule has 0 aliphatic carbocycles. The lowest BCUT2D eigenvalue weighted by molar-refractivity contribution is -0.118. The number of carbonyl (C=O) groups is 1. The number of para-hydroxylation sites is 1. The summed E-state index contributed by atoms with van der Waals surface area (Å²) in [6.45, 7) is 5.25. The van der Waals surface area contributed by atoms with Crippen molar-refractivity contribution in [3.05, 3.63) is 70.0 Å². The van der Waals surface area contributed by atoms with Gasteiger partial charge in [-0.1, -0.05) is 73.5 Å². The van der Waals surface area contributed by atoms with Crippen LogP contribution in [0.5, 0.6) is 0 Å². The van der Waals surface area contributed by atoms with Crippen LogP contribution in [0.25, 0.3) is 16.7 Å². The maximum absolute atomic E-state index is 13.1. The summed E-state index contributed by atoms with van der Waals surface area (Å²) in [6.07, 6.45) is 3.02. The quantitative estimate of drug-likeness (QED) is 0.309. The number of hydrogen-bond acceptors (Lipinski definition) is 5. The van der Waals surface area contributed by atoms with Crippen LogP contribution < -0.4 is 10.9 Å². The summed E-state index contributed by atoms with van der Waals surface area (Å²) in [5.74, 6) is 0.663. The van der Waals surface area contributed by atoms with Crippen LogP contribution >= 0.6 is 11.8 Å². The van der Waals surface area contributed by atoms with E-state index in [4.69, 9.17) is 0 Å². The molecule has 1 amide bonds. The Hall–Kier alpha value is -3.13. The molecule has 2 aromatic carbocycles. The van der Waals surface area contributed by atoms with Crippen molar-refractivity contribution in [2.45, 2.75) is 51.4 Å². The van der Waals surface area contributed by atoms with Gasteiger partial charge in [0.15, 0.2) is 5.16 Å². The Bertz CT molecular complexity index is 1290. The number of rotatable bonds is 9. The minimum atomic E-state index is -0.0760. The van der Waals surface area contributed by atoms with Crippen LogP contribution in [0.4, 0.5) is 0 Å². The van der Waals surface area contributed by atoms with Gasteiger partial charge < -0.3 is 5.32 Å². The van der Waals surface area contributed by atoms with E-state index >= 15 is 0 Å². The number of hydrogen-bond donors (Lipinski definition) is 1. The molecule has 0 unspecified atom stereocenters. The van der Waals surface area contributed by atoms with Gasteiger partial charge in [-0.05, 0) is 31.0 Å². The highest BCUT2D eigenvalue weighted by Gasteiger charge is 2.17. The van der Waals surface area contributed by atoms with Crippen molar-refractivity contribution in [1.82, 2.24) is 24.5 Å². The maximum atomic E-state index is 13.1. The Morgan fingerprint density at radius 1 is 1.06 bits per heavy atom. The van der Waals surface area contributed by atoms with Crippen molar-refractivity contribution in [2.75, 3.05) is 5.75 Å². The lowest BCUT2D eigenvalue weighted by atomic mass is 10.1. The summed E-state index contributed by atoms with van der Waals surface area (Å²) >= 11 is 1.32. The second-order valence-electron chi connectivity index (χ2n) is 7.85. The summed E-state index contributed by atoms with van der Waals surface area (Å²) < 4.78 is 3.59. The van der Waals surface area contributed by atoms with E-state index in [2.05, 4.69) is 22.4 Å². The largest absolute Gasteiger partial charge is 0.351 e. The van der Waals surface area contributed by atoms with Crippen molar-refractivity contribution >= 4 is 34.3 Å². The topological polar surface area (TPSA) is 81.3 Å². The molecular weight excluding hydrogens is 422 g/mol. The molecule has 0 aliphatic heterocycles. The summed E-state index contributed by atoms with van der Waals surface area (Å²) in [7, 11) is 0. The van der Waals surface area contributed by atoms with E-state index < -0.39 is 0 Å². The zero-order valence-corrected chi connectivity index (χ0v) is 19.2. The van der Waals surface area contributed by atoms with Crippen LogP contribution in [0, 0.1) is 6.92 Å². The Balaban J connectivity index is 1.56. The zero-order valence-electron chi connectivity index (χ0n) is 18.4. The molecule has 0 saturated carbocycles. The summed E-state index contributed by atoms with van der Waals surface area (Å²) in [5.41, 5.74) is 2.95. The van der Waals surface area contributed by atoms with Crippen LogP contribution in [0.15, 0.2) is 58.5 Å². The minimum Gasteiger partial charge on any atom is -0.351 e. The molecule has 0 aliphatic rings. The number of thioether (sulfide) groups is 1. The number of aromatic nitrogens is 4. The SMILES string of the molecule is CCCCCn1c(=O)c2ccccc2n2c(SCC(=O)NCc3ccc(C)cc3)nnc12. The number of fused-ring (bicyclic) bond motifs is 3. The first kappa shape index (κ1) is 22.1. The van der Waals surface area contributed by atoms with Gasteiger partial charge in [-0.3, -0.25) is 18.6 Å². The molecule has 0 radical (unpaired) electrons.